The highest BCUT2D eigenvalue weighted by molar-refractivity contribution is 5.70. The third kappa shape index (κ3) is 2.19. The van der Waals surface area contributed by atoms with Crippen molar-refractivity contribution in [1.82, 2.24) is 15.1 Å². The first kappa shape index (κ1) is 12.4. The second-order valence-corrected chi connectivity index (χ2v) is 5.53. The van der Waals surface area contributed by atoms with Gasteiger partial charge in [0.25, 0.3) is 0 Å². The van der Waals surface area contributed by atoms with E-state index >= 15 is 0 Å². The van der Waals surface area contributed by atoms with E-state index in [0.29, 0.717) is 6.04 Å². The Balaban J connectivity index is 2.09. The molecule has 1 fully saturated rings. The lowest BCUT2D eigenvalue weighted by Crippen LogP contribution is -2.17. The van der Waals surface area contributed by atoms with E-state index in [1.807, 2.05) is 17.9 Å². The predicted molar refractivity (Wildman–Crippen MR) is 78.1 cm³/mol. The fourth-order valence-corrected chi connectivity index (χ4v) is 3.10. The van der Waals surface area contributed by atoms with E-state index in [2.05, 4.69) is 42.5 Å². The zero-order chi connectivity index (χ0) is 13.4. The number of nitrogens with zero attached hydrogens (tertiary/aromatic N) is 2. The monoisotopic (exact) mass is 255 g/mol. The normalized spacial score (nSPS) is 19.0. The van der Waals surface area contributed by atoms with Gasteiger partial charge >= 0.3 is 0 Å². The third-order valence-corrected chi connectivity index (χ3v) is 4.05. The van der Waals surface area contributed by atoms with E-state index in [0.717, 1.165) is 6.54 Å². The highest BCUT2D eigenvalue weighted by Gasteiger charge is 2.23. The van der Waals surface area contributed by atoms with E-state index in [1.54, 1.807) is 0 Å². The molecule has 3 rings (SSSR count). The Bertz CT molecular complexity index is 592. The zero-order valence-electron chi connectivity index (χ0n) is 11.9. The second kappa shape index (κ2) is 4.82. The molecule has 2 heterocycles. The maximum Gasteiger partial charge on any atom is 0.0628 e. The molecule has 3 nitrogen and oxygen atoms in total. The molecule has 0 amide bonds. The molecule has 2 aromatic rings. The van der Waals surface area contributed by atoms with Crippen molar-refractivity contribution in [2.75, 3.05) is 6.54 Å². The van der Waals surface area contributed by atoms with Crippen molar-refractivity contribution in [3.05, 3.63) is 41.2 Å². The van der Waals surface area contributed by atoms with Gasteiger partial charge in [-0.1, -0.05) is 23.8 Å². The molecule has 0 saturated carbocycles. The van der Waals surface area contributed by atoms with Crippen LogP contribution in [0, 0.1) is 13.8 Å². The van der Waals surface area contributed by atoms with Crippen LogP contribution in [0.15, 0.2) is 24.4 Å². The van der Waals surface area contributed by atoms with E-state index in [-0.39, 0.29) is 0 Å². The van der Waals surface area contributed by atoms with Crippen LogP contribution in [0.2, 0.25) is 0 Å². The van der Waals surface area contributed by atoms with Gasteiger partial charge in [0.05, 0.1) is 11.9 Å². The van der Waals surface area contributed by atoms with E-state index in [1.165, 1.54) is 40.8 Å². The summed E-state index contributed by atoms with van der Waals surface area (Å²) in [6.45, 7) is 5.43. The zero-order valence-corrected chi connectivity index (χ0v) is 11.9. The summed E-state index contributed by atoms with van der Waals surface area (Å²) < 4.78 is 2.03. The van der Waals surface area contributed by atoms with Gasteiger partial charge in [-0.25, -0.2) is 0 Å². The van der Waals surface area contributed by atoms with Crippen LogP contribution >= 0.6 is 0 Å². The molecule has 0 spiro atoms. The minimum Gasteiger partial charge on any atom is -0.309 e. The van der Waals surface area contributed by atoms with Crippen LogP contribution in [0.25, 0.3) is 11.1 Å². The van der Waals surface area contributed by atoms with E-state index < -0.39 is 0 Å². The Morgan fingerprint density at radius 3 is 2.79 bits per heavy atom. The van der Waals surface area contributed by atoms with Crippen molar-refractivity contribution >= 4 is 0 Å². The molecule has 1 aromatic heterocycles. The quantitative estimate of drug-likeness (QED) is 0.893. The van der Waals surface area contributed by atoms with E-state index in [4.69, 9.17) is 0 Å². The third-order valence-electron chi connectivity index (χ3n) is 4.05. The summed E-state index contributed by atoms with van der Waals surface area (Å²) >= 11 is 0. The number of hydrogen-bond acceptors (Lipinski definition) is 2. The molecular weight excluding hydrogens is 234 g/mol. The first-order valence-corrected chi connectivity index (χ1v) is 6.99. The summed E-state index contributed by atoms with van der Waals surface area (Å²) in [4.78, 5) is 0. The highest BCUT2D eigenvalue weighted by Crippen LogP contribution is 2.33. The molecule has 1 aromatic carbocycles. The van der Waals surface area contributed by atoms with Crippen molar-refractivity contribution in [3.63, 3.8) is 0 Å². The molecule has 1 atom stereocenters. The number of nitrogens with one attached hydrogen (secondary N) is 1. The van der Waals surface area contributed by atoms with Gasteiger partial charge in [0.15, 0.2) is 0 Å². The van der Waals surface area contributed by atoms with Crippen molar-refractivity contribution in [1.29, 1.82) is 0 Å². The molecule has 1 aliphatic rings. The Morgan fingerprint density at radius 2 is 2.11 bits per heavy atom. The molecule has 19 heavy (non-hydrogen) atoms. The summed E-state index contributed by atoms with van der Waals surface area (Å²) in [7, 11) is 2.04. The smallest absolute Gasteiger partial charge is 0.0628 e. The molecule has 3 heteroatoms. The average Bonchev–Trinajstić information content (AvgIpc) is 2.98. The van der Waals surface area contributed by atoms with Crippen LogP contribution in [0.3, 0.4) is 0 Å². The number of hydrogen-bond donors (Lipinski definition) is 1. The Hall–Kier alpha value is -1.61. The van der Waals surface area contributed by atoms with Crippen molar-refractivity contribution in [2.24, 2.45) is 7.05 Å². The summed E-state index contributed by atoms with van der Waals surface area (Å²) in [6.07, 6.45) is 4.46. The molecule has 1 aliphatic heterocycles. The SMILES string of the molecule is Cc1ccc(-c2cnn(C)c2C2CCCN2)c(C)c1. The Kier molecular flexibility index (Phi) is 3.15. The van der Waals surface area contributed by atoms with Crippen LogP contribution in [0.4, 0.5) is 0 Å². The number of aryl methyl sites for hydroxylation is 3. The maximum absolute atomic E-state index is 4.48. The van der Waals surface area contributed by atoms with Crippen LogP contribution < -0.4 is 5.32 Å². The van der Waals surface area contributed by atoms with Gasteiger partial charge in [-0.2, -0.15) is 5.10 Å². The average molecular weight is 255 g/mol. The van der Waals surface area contributed by atoms with Gasteiger partial charge in [0, 0.05) is 18.7 Å². The lowest BCUT2D eigenvalue weighted by molar-refractivity contribution is 0.575. The first-order valence-electron chi connectivity index (χ1n) is 6.99. The lowest BCUT2D eigenvalue weighted by atomic mass is 9.96. The van der Waals surface area contributed by atoms with Gasteiger partial charge in [-0.05, 0) is 44.4 Å². The lowest BCUT2D eigenvalue weighted by Gasteiger charge is -2.15. The minimum absolute atomic E-state index is 0.447. The second-order valence-electron chi connectivity index (χ2n) is 5.53. The Morgan fingerprint density at radius 1 is 1.26 bits per heavy atom. The molecule has 1 N–H and O–H groups in total. The number of rotatable bonds is 2. The molecular formula is C16H21N3. The van der Waals surface area contributed by atoms with Gasteiger partial charge in [0.2, 0.25) is 0 Å². The predicted octanol–water partition coefficient (Wildman–Crippen LogP) is 3.13. The van der Waals surface area contributed by atoms with Crippen LogP contribution in [-0.4, -0.2) is 16.3 Å². The van der Waals surface area contributed by atoms with Crippen LogP contribution in [0.1, 0.15) is 35.7 Å². The van der Waals surface area contributed by atoms with Crippen LogP contribution in [0.5, 0.6) is 0 Å². The fraction of sp³-hybridized carbons (Fsp3) is 0.438. The molecule has 100 valence electrons. The van der Waals surface area contributed by atoms with Gasteiger partial charge in [-0.15, -0.1) is 0 Å². The van der Waals surface area contributed by atoms with E-state index in [9.17, 15) is 0 Å². The Labute approximate surface area is 114 Å². The minimum atomic E-state index is 0.447. The summed E-state index contributed by atoms with van der Waals surface area (Å²) in [5, 5.41) is 8.06. The van der Waals surface area contributed by atoms with Crippen molar-refractivity contribution < 1.29 is 0 Å². The molecule has 1 saturated heterocycles. The van der Waals surface area contributed by atoms with Gasteiger partial charge in [-0.3, -0.25) is 4.68 Å². The highest BCUT2D eigenvalue weighted by atomic mass is 15.3. The topological polar surface area (TPSA) is 29.9 Å². The van der Waals surface area contributed by atoms with Gasteiger partial charge < -0.3 is 5.32 Å². The molecule has 0 bridgehead atoms. The molecule has 0 radical (unpaired) electrons. The van der Waals surface area contributed by atoms with Crippen LogP contribution in [-0.2, 0) is 7.05 Å². The number of aromatic nitrogens is 2. The molecule has 1 unspecified atom stereocenters. The summed E-state index contributed by atoms with van der Waals surface area (Å²) in [6, 6.07) is 7.10. The number of benzene rings is 1. The van der Waals surface area contributed by atoms with Gasteiger partial charge in [0.1, 0.15) is 0 Å². The fourth-order valence-electron chi connectivity index (χ4n) is 3.10. The molecule has 0 aliphatic carbocycles. The maximum atomic E-state index is 4.48. The standard InChI is InChI=1S/C16H21N3/c1-11-6-7-13(12(2)9-11)14-10-18-19(3)16(14)15-5-4-8-17-15/h6-7,9-10,15,17H,4-5,8H2,1-3H3. The van der Waals surface area contributed by atoms with Crippen molar-refractivity contribution in [2.45, 2.75) is 32.7 Å². The summed E-state index contributed by atoms with van der Waals surface area (Å²) in [5.41, 5.74) is 6.55. The van der Waals surface area contributed by atoms with Crippen molar-refractivity contribution in [3.8, 4) is 11.1 Å². The summed E-state index contributed by atoms with van der Waals surface area (Å²) in [5.74, 6) is 0. The first-order chi connectivity index (χ1) is 9.16. The largest absolute Gasteiger partial charge is 0.309 e.